The van der Waals surface area contributed by atoms with Crippen molar-refractivity contribution >= 4 is 34.0 Å². The Balaban J connectivity index is 1.66. The Bertz CT molecular complexity index is 1110. The van der Waals surface area contributed by atoms with Gasteiger partial charge < -0.3 is 14.2 Å². The van der Waals surface area contributed by atoms with E-state index in [2.05, 4.69) is 26.5 Å². The van der Waals surface area contributed by atoms with Crippen molar-refractivity contribution in [3.05, 3.63) is 87.9 Å². The van der Waals surface area contributed by atoms with Crippen LogP contribution in [0, 0.1) is 0 Å². The van der Waals surface area contributed by atoms with Crippen LogP contribution in [0.15, 0.2) is 76.3 Å². The van der Waals surface area contributed by atoms with E-state index < -0.39 is 5.97 Å². The molecule has 3 aromatic carbocycles. The minimum absolute atomic E-state index is 0.263. The maximum atomic E-state index is 12.4. The van der Waals surface area contributed by atoms with Crippen LogP contribution in [-0.4, -0.2) is 32.3 Å². The number of methoxy groups -OCH3 is 2. The first-order valence-electron chi connectivity index (χ1n) is 9.13. The van der Waals surface area contributed by atoms with E-state index in [9.17, 15) is 9.59 Å². The van der Waals surface area contributed by atoms with Gasteiger partial charge in [0.15, 0.2) is 11.5 Å². The maximum Gasteiger partial charge on any atom is 0.343 e. The van der Waals surface area contributed by atoms with Crippen molar-refractivity contribution in [1.82, 2.24) is 5.43 Å². The zero-order chi connectivity index (χ0) is 22.2. The van der Waals surface area contributed by atoms with E-state index in [4.69, 9.17) is 14.2 Å². The molecule has 0 radical (unpaired) electrons. The summed E-state index contributed by atoms with van der Waals surface area (Å²) in [6.07, 6.45) is 1.47. The maximum absolute atomic E-state index is 12.4. The SMILES string of the molecule is COc1ccc(C(=O)Oc2ccc(/C=N/NC(=O)c3cccc(Br)c3)cc2OC)cc1. The van der Waals surface area contributed by atoms with Crippen LogP contribution in [0.1, 0.15) is 26.3 Å². The third-order valence-corrected chi connectivity index (χ3v) is 4.68. The van der Waals surface area contributed by atoms with Gasteiger partial charge in [-0.05, 0) is 66.2 Å². The average molecular weight is 483 g/mol. The van der Waals surface area contributed by atoms with Crippen molar-refractivity contribution in [2.24, 2.45) is 5.10 Å². The molecule has 31 heavy (non-hydrogen) atoms. The van der Waals surface area contributed by atoms with Gasteiger partial charge in [0.2, 0.25) is 0 Å². The number of carbonyl (C=O) groups excluding carboxylic acids is 2. The molecule has 0 aliphatic carbocycles. The molecule has 0 atom stereocenters. The zero-order valence-corrected chi connectivity index (χ0v) is 18.4. The van der Waals surface area contributed by atoms with E-state index in [1.54, 1.807) is 67.8 Å². The minimum atomic E-state index is -0.524. The van der Waals surface area contributed by atoms with Crippen molar-refractivity contribution in [2.45, 2.75) is 0 Å². The topological polar surface area (TPSA) is 86.2 Å². The fourth-order valence-corrected chi connectivity index (χ4v) is 2.99. The van der Waals surface area contributed by atoms with Gasteiger partial charge in [0, 0.05) is 10.0 Å². The number of nitrogens with one attached hydrogen (secondary N) is 1. The standard InChI is InChI=1S/C23H19BrN2O5/c1-29-19-9-7-16(8-10-19)23(28)31-20-11-6-15(12-21(20)30-2)14-25-26-22(27)17-4-3-5-18(24)13-17/h3-14H,1-2H3,(H,26,27)/b25-14+. The highest BCUT2D eigenvalue weighted by molar-refractivity contribution is 9.10. The number of carbonyl (C=O) groups is 2. The lowest BCUT2D eigenvalue weighted by Gasteiger charge is -2.10. The van der Waals surface area contributed by atoms with E-state index in [-0.39, 0.29) is 11.7 Å². The molecule has 0 aromatic heterocycles. The Hall–Kier alpha value is -3.65. The van der Waals surface area contributed by atoms with E-state index in [1.165, 1.54) is 13.3 Å². The summed E-state index contributed by atoms with van der Waals surface area (Å²) in [5, 5.41) is 3.96. The molecule has 7 nitrogen and oxygen atoms in total. The highest BCUT2D eigenvalue weighted by atomic mass is 79.9. The van der Waals surface area contributed by atoms with E-state index in [1.807, 2.05) is 6.07 Å². The van der Waals surface area contributed by atoms with E-state index >= 15 is 0 Å². The fourth-order valence-electron chi connectivity index (χ4n) is 2.59. The number of rotatable bonds is 7. The molecule has 1 amide bonds. The Morgan fingerprint density at radius 3 is 2.35 bits per heavy atom. The number of amides is 1. The van der Waals surface area contributed by atoms with E-state index in [0.717, 1.165) is 4.47 Å². The molecular formula is C23H19BrN2O5. The van der Waals surface area contributed by atoms with Crippen LogP contribution in [-0.2, 0) is 0 Å². The number of hydrazone groups is 1. The molecule has 0 saturated heterocycles. The molecule has 8 heteroatoms. The molecule has 3 aromatic rings. The van der Waals surface area contributed by atoms with Gasteiger partial charge in [0.1, 0.15) is 5.75 Å². The number of hydrogen-bond donors (Lipinski definition) is 1. The monoisotopic (exact) mass is 482 g/mol. The lowest BCUT2D eigenvalue weighted by Crippen LogP contribution is -2.17. The largest absolute Gasteiger partial charge is 0.497 e. The molecule has 3 rings (SSSR count). The fraction of sp³-hybridized carbons (Fsp3) is 0.0870. The Labute approximate surface area is 187 Å². The number of benzene rings is 3. The Kier molecular flexibility index (Phi) is 7.40. The van der Waals surface area contributed by atoms with Crippen LogP contribution in [0.25, 0.3) is 0 Å². The number of esters is 1. The summed E-state index contributed by atoms with van der Waals surface area (Å²) in [5.41, 5.74) is 3.97. The highest BCUT2D eigenvalue weighted by Crippen LogP contribution is 2.28. The quantitative estimate of drug-likeness (QED) is 0.232. The first-order chi connectivity index (χ1) is 15.0. The number of nitrogens with zero attached hydrogens (tertiary/aromatic N) is 1. The van der Waals surface area contributed by atoms with E-state index in [0.29, 0.717) is 28.2 Å². The van der Waals surface area contributed by atoms with Crippen LogP contribution in [0.4, 0.5) is 0 Å². The van der Waals surface area contributed by atoms with Gasteiger partial charge in [-0.3, -0.25) is 4.79 Å². The van der Waals surface area contributed by atoms with Crippen molar-refractivity contribution in [2.75, 3.05) is 14.2 Å². The number of hydrogen-bond acceptors (Lipinski definition) is 6. The third kappa shape index (κ3) is 5.93. The van der Waals surface area contributed by atoms with Crippen molar-refractivity contribution in [1.29, 1.82) is 0 Å². The molecule has 0 bridgehead atoms. The third-order valence-electron chi connectivity index (χ3n) is 4.18. The molecule has 0 fully saturated rings. The van der Waals surface area contributed by atoms with Gasteiger partial charge in [-0.1, -0.05) is 22.0 Å². The van der Waals surface area contributed by atoms with Crippen LogP contribution in [0.5, 0.6) is 17.2 Å². The second-order valence-electron chi connectivity index (χ2n) is 6.24. The summed E-state index contributed by atoms with van der Waals surface area (Å²) in [4.78, 5) is 24.5. The van der Waals surface area contributed by atoms with Gasteiger partial charge >= 0.3 is 5.97 Å². The van der Waals surface area contributed by atoms with Gasteiger partial charge in [-0.15, -0.1) is 0 Å². The number of halogens is 1. The summed E-state index contributed by atoms with van der Waals surface area (Å²) in [7, 11) is 3.02. The molecule has 0 heterocycles. The summed E-state index contributed by atoms with van der Waals surface area (Å²) in [5.74, 6) is 0.394. The predicted octanol–water partition coefficient (Wildman–Crippen LogP) is 4.45. The summed E-state index contributed by atoms with van der Waals surface area (Å²) >= 11 is 3.32. The molecule has 158 valence electrons. The molecule has 0 aliphatic heterocycles. The highest BCUT2D eigenvalue weighted by Gasteiger charge is 2.13. The van der Waals surface area contributed by atoms with Crippen molar-refractivity contribution in [3.8, 4) is 17.2 Å². The molecular weight excluding hydrogens is 464 g/mol. The van der Waals surface area contributed by atoms with Crippen LogP contribution >= 0.6 is 15.9 Å². The Morgan fingerprint density at radius 2 is 1.68 bits per heavy atom. The van der Waals surface area contributed by atoms with Crippen LogP contribution in [0.2, 0.25) is 0 Å². The van der Waals surface area contributed by atoms with Gasteiger partial charge in [0.25, 0.3) is 5.91 Å². The second kappa shape index (κ2) is 10.4. The smallest absolute Gasteiger partial charge is 0.343 e. The lowest BCUT2D eigenvalue weighted by molar-refractivity contribution is 0.0729. The van der Waals surface area contributed by atoms with Gasteiger partial charge in [-0.25, -0.2) is 10.2 Å². The van der Waals surface area contributed by atoms with Crippen molar-refractivity contribution < 1.29 is 23.8 Å². The first kappa shape index (κ1) is 22.0. The summed E-state index contributed by atoms with van der Waals surface area (Å²) < 4.78 is 16.6. The molecule has 0 spiro atoms. The molecule has 0 aliphatic rings. The van der Waals surface area contributed by atoms with Crippen molar-refractivity contribution in [3.63, 3.8) is 0 Å². The molecule has 1 N–H and O–H groups in total. The lowest BCUT2D eigenvalue weighted by atomic mass is 10.2. The normalized spacial score (nSPS) is 10.5. The van der Waals surface area contributed by atoms with Crippen LogP contribution in [0.3, 0.4) is 0 Å². The van der Waals surface area contributed by atoms with Crippen LogP contribution < -0.4 is 19.6 Å². The average Bonchev–Trinajstić information content (AvgIpc) is 2.79. The zero-order valence-electron chi connectivity index (χ0n) is 16.8. The van der Waals surface area contributed by atoms with Gasteiger partial charge in [-0.2, -0.15) is 5.10 Å². The van der Waals surface area contributed by atoms with Gasteiger partial charge in [0.05, 0.1) is 26.0 Å². The second-order valence-corrected chi connectivity index (χ2v) is 7.15. The first-order valence-corrected chi connectivity index (χ1v) is 9.92. The molecule has 0 saturated carbocycles. The summed E-state index contributed by atoms with van der Waals surface area (Å²) in [6, 6.07) is 18.5. The predicted molar refractivity (Wildman–Crippen MR) is 120 cm³/mol. The summed E-state index contributed by atoms with van der Waals surface area (Å²) in [6.45, 7) is 0. The minimum Gasteiger partial charge on any atom is -0.497 e. The molecule has 0 unspecified atom stereocenters. The Morgan fingerprint density at radius 1 is 0.903 bits per heavy atom. The number of ether oxygens (including phenoxy) is 3.